The molecule has 0 bridgehead atoms. The minimum atomic E-state index is -1.54. The molecule has 1 heterocycles. The van der Waals surface area contributed by atoms with E-state index in [1.807, 2.05) is 0 Å². The lowest BCUT2D eigenvalue weighted by Gasteiger charge is -2.39. The molecule has 4 N–H and O–H groups in total. The molecule has 9 heteroatoms. The number of carbonyl (C=O) groups excluding carboxylic acids is 1. The Bertz CT molecular complexity index is 1260. The van der Waals surface area contributed by atoms with Crippen LogP contribution >= 0.6 is 0 Å². The molecule has 0 aromatic carbocycles. The van der Waals surface area contributed by atoms with E-state index in [0.717, 1.165) is 64.2 Å². The smallest absolute Gasteiger partial charge is 0.306 e. The van der Waals surface area contributed by atoms with Crippen LogP contribution in [0.2, 0.25) is 0 Å². The summed E-state index contributed by atoms with van der Waals surface area (Å²) in [5.74, 6) is -0.318. The van der Waals surface area contributed by atoms with Crippen molar-refractivity contribution in [2.75, 3.05) is 26.4 Å². The highest BCUT2D eigenvalue weighted by Gasteiger charge is 2.44. The Labute approximate surface area is 410 Å². The third-order valence-corrected chi connectivity index (χ3v) is 12.4. The number of esters is 1. The van der Waals surface area contributed by atoms with Crippen molar-refractivity contribution in [1.29, 1.82) is 0 Å². The maximum atomic E-state index is 12.9. The zero-order chi connectivity index (χ0) is 48.5. The monoisotopic (exact) mass is 943 g/mol. The van der Waals surface area contributed by atoms with Crippen LogP contribution in [0.25, 0.3) is 0 Å². The third-order valence-electron chi connectivity index (χ3n) is 12.4. The van der Waals surface area contributed by atoms with Gasteiger partial charge < -0.3 is 39.4 Å². The quantitative estimate of drug-likeness (QED) is 0.0267. The first kappa shape index (κ1) is 62.6. The van der Waals surface area contributed by atoms with Crippen LogP contribution in [0.3, 0.4) is 0 Å². The van der Waals surface area contributed by atoms with E-state index < -0.39 is 43.4 Å². The van der Waals surface area contributed by atoms with E-state index >= 15 is 0 Å². The molecule has 6 unspecified atom stereocenters. The van der Waals surface area contributed by atoms with E-state index in [2.05, 4.69) is 86.8 Å². The molecule has 1 saturated heterocycles. The van der Waals surface area contributed by atoms with Gasteiger partial charge in [-0.1, -0.05) is 209 Å². The number of hydrogen-bond acceptors (Lipinski definition) is 9. The predicted octanol–water partition coefficient (Wildman–Crippen LogP) is 14.0. The van der Waals surface area contributed by atoms with Crippen LogP contribution < -0.4 is 0 Å². The Hall–Kier alpha value is -2.37. The standard InChI is InChI=1S/C58H102O9/c1-3-5-7-9-11-13-15-17-19-21-23-24-25-26-27-28-29-31-33-35-37-39-41-43-45-47-54(60)66-52(51-65-58-57(63)56(62)55(61)53(49-59)67-58)50-64-48-46-44-42-40-38-36-34-32-30-22-20-18-16-14-12-10-8-6-4-2/h5,7,11,13-14,16-17,19-20,22-24,52-53,55-59,61-63H,3-4,6,8-10,12,15,18,21,25-51H2,1-2H3/b7-5-,13-11-,16-14-,19-17-,22-20-,24-23-. The molecule has 1 aliphatic rings. The molecule has 67 heavy (non-hydrogen) atoms. The molecule has 0 radical (unpaired) electrons. The van der Waals surface area contributed by atoms with Gasteiger partial charge in [-0.05, 0) is 83.5 Å². The van der Waals surface area contributed by atoms with Gasteiger partial charge in [-0.15, -0.1) is 0 Å². The molecule has 6 atom stereocenters. The zero-order valence-corrected chi connectivity index (χ0v) is 42.9. The summed E-state index contributed by atoms with van der Waals surface area (Å²) in [6, 6.07) is 0. The van der Waals surface area contributed by atoms with E-state index in [1.165, 1.54) is 141 Å². The van der Waals surface area contributed by atoms with Gasteiger partial charge in [0.15, 0.2) is 6.29 Å². The molecule has 0 aliphatic carbocycles. The lowest BCUT2D eigenvalue weighted by atomic mass is 9.99. The van der Waals surface area contributed by atoms with Crippen LogP contribution in [-0.2, 0) is 23.7 Å². The van der Waals surface area contributed by atoms with E-state index in [0.29, 0.717) is 13.0 Å². The Morgan fingerprint density at radius 1 is 0.493 bits per heavy atom. The third kappa shape index (κ3) is 39.1. The molecule has 388 valence electrons. The van der Waals surface area contributed by atoms with E-state index in [-0.39, 0.29) is 19.2 Å². The average Bonchev–Trinajstić information content (AvgIpc) is 3.33. The molecule has 0 spiro atoms. The first-order chi connectivity index (χ1) is 32.9. The van der Waals surface area contributed by atoms with Gasteiger partial charge in [0.05, 0.1) is 19.8 Å². The zero-order valence-electron chi connectivity index (χ0n) is 42.9. The average molecular weight is 943 g/mol. The highest BCUT2D eigenvalue weighted by atomic mass is 16.7. The molecular formula is C58H102O9. The molecule has 1 fully saturated rings. The molecule has 0 aromatic rings. The predicted molar refractivity (Wildman–Crippen MR) is 279 cm³/mol. The first-order valence-corrected chi connectivity index (χ1v) is 27.5. The van der Waals surface area contributed by atoms with Gasteiger partial charge in [0.25, 0.3) is 0 Å². The Balaban J connectivity index is 2.18. The second-order valence-electron chi connectivity index (χ2n) is 18.6. The number of hydrogen-bond donors (Lipinski definition) is 4. The molecule has 0 amide bonds. The van der Waals surface area contributed by atoms with E-state index in [1.54, 1.807) is 0 Å². The van der Waals surface area contributed by atoms with Crippen LogP contribution in [0.15, 0.2) is 72.9 Å². The van der Waals surface area contributed by atoms with Gasteiger partial charge in [0.2, 0.25) is 0 Å². The Kier molecular flexibility index (Phi) is 45.5. The summed E-state index contributed by atoms with van der Waals surface area (Å²) >= 11 is 0. The Morgan fingerprint density at radius 2 is 0.910 bits per heavy atom. The summed E-state index contributed by atoms with van der Waals surface area (Å²) in [6.07, 6.45) is 57.9. The van der Waals surface area contributed by atoms with Crippen molar-refractivity contribution >= 4 is 5.97 Å². The number of carbonyl (C=O) groups is 1. The van der Waals surface area contributed by atoms with Gasteiger partial charge in [-0.3, -0.25) is 4.79 Å². The van der Waals surface area contributed by atoms with Crippen molar-refractivity contribution in [1.82, 2.24) is 0 Å². The fraction of sp³-hybridized carbons (Fsp3) is 0.776. The van der Waals surface area contributed by atoms with Crippen molar-refractivity contribution in [2.24, 2.45) is 0 Å². The molecular weight excluding hydrogens is 841 g/mol. The maximum Gasteiger partial charge on any atom is 0.306 e. The lowest BCUT2D eigenvalue weighted by molar-refractivity contribution is -0.305. The van der Waals surface area contributed by atoms with Crippen LogP contribution in [0.5, 0.6) is 0 Å². The highest BCUT2D eigenvalue weighted by Crippen LogP contribution is 2.23. The van der Waals surface area contributed by atoms with Gasteiger partial charge in [-0.25, -0.2) is 0 Å². The molecule has 0 saturated carbocycles. The summed E-state index contributed by atoms with van der Waals surface area (Å²) in [5.41, 5.74) is 0. The van der Waals surface area contributed by atoms with Crippen molar-refractivity contribution < 1.29 is 44.2 Å². The van der Waals surface area contributed by atoms with Gasteiger partial charge in [0.1, 0.15) is 30.5 Å². The van der Waals surface area contributed by atoms with Crippen LogP contribution in [0, 0.1) is 0 Å². The van der Waals surface area contributed by atoms with Crippen molar-refractivity contribution in [3.63, 3.8) is 0 Å². The summed E-state index contributed by atoms with van der Waals surface area (Å²) in [4.78, 5) is 12.9. The Morgan fingerprint density at radius 3 is 1.37 bits per heavy atom. The second kappa shape index (κ2) is 48.6. The lowest BCUT2D eigenvalue weighted by Crippen LogP contribution is -2.59. The number of allylic oxidation sites excluding steroid dienone is 12. The summed E-state index contributed by atoms with van der Waals surface area (Å²) in [5, 5.41) is 40.3. The number of rotatable bonds is 47. The van der Waals surface area contributed by atoms with Crippen molar-refractivity contribution in [2.45, 2.75) is 263 Å². The number of aliphatic hydroxyl groups excluding tert-OH is 4. The highest BCUT2D eigenvalue weighted by molar-refractivity contribution is 5.69. The maximum absolute atomic E-state index is 12.9. The molecule has 0 aromatic heterocycles. The van der Waals surface area contributed by atoms with E-state index in [4.69, 9.17) is 18.9 Å². The SMILES string of the molecule is CC/C=C\C/C=C\C/C=C\C/C=C\CCCCCCCCCCCCCCC(=O)OC(COCCCCCCCCCC/C=C\C/C=C\CCCCCC)COC1OC(CO)C(O)C(O)C1O. The first-order valence-electron chi connectivity index (χ1n) is 27.5. The van der Waals surface area contributed by atoms with Crippen LogP contribution in [-0.4, -0.2) is 89.6 Å². The van der Waals surface area contributed by atoms with E-state index in [9.17, 15) is 25.2 Å². The van der Waals surface area contributed by atoms with Crippen molar-refractivity contribution in [3.05, 3.63) is 72.9 Å². The fourth-order valence-electron chi connectivity index (χ4n) is 8.10. The number of unbranched alkanes of at least 4 members (excludes halogenated alkanes) is 24. The van der Waals surface area contributed by atoms with Gasteiger partial charge in [0, 0.05) is 13.0 Å². The summed E-state index contributed by atoms with van der Waals surface area (Å²) in [7, 11) is 0. The largest absolute Gasteiger partial charge is 0.457 e. The van der Waals surface area contributed by atoms with Crippen LogP contribution in [0.1, 0.15) is 226 Å². The summed E-state index contributed by atoms with van der Waals surface area (Å²) in [6.45, 7) is 4.43. The number of aliphatic hydroxyl groups is 4. The van der Waals surface area contributed by atoms with Crippen molar-refractivity contribution in [3.8, 4) is 0 Å². The second-order valence-corrected chi connectivity index (χ2v) is 18.6. The van der Waals surface area contributed by atoms with Gasteiger partial charge in [-0.2, -0.15) is 0 Å². The molecule has 1 aliphatic heterocycles. The summed E-state index contributed by atoms with van der Waals surface area (Å²) < 4.78 is 22.9. The molecule has 1 rings (SSSR count). The minimum absolute atomic E-state index is 0.119. The van der Waals surface area contributed by atoms with Gasteiger partial charge >= 0.3 is 5.97 Å². The molecule has 9 nitrogen and oxygen atoms in total. The normalized spacial score (nSPS) is 19.8. The number of ether oxygens (including phenoxy) is 4. The topological polar surface area (TPSA) is 135 Å². The van der Waals surface area contributed by atoms with Crippen LogP contribution in [0.4, 0.5) is 0 Å². The minimum Gasteiger partial charge on any atom is -0.457 e. The fourth-order valence-corrected chi connectivity index (χ4v) is 8.10.